The van der Waals surface area contributed by atoms with Gasteiger partial charge in [0.15, 0.2) is 0 Å². The molecule has 0 atom stereocenters. The van der Waals surface area contributed by atoms with E-state index in [-0.39, 0.29) is 12.3 Å². The molecule has 1 fully saturated rings. The molecule has 4 rings (SSSR count). The summed E-state index contributed by atoms with van der Waals surface area (Å²) in [5, 5.41) is 0. The van der Waals surface area contributed by atoms with Crippen LogP contribution in [0.25, 0.3) is 5.57 Å². The third-order valence-corrected chi connectivity index (χ3v) is 4.65. The molecule has 0 aliphatic carbocycles. The summed E-state index contributed by atoms with van der Waals surface area (Å²) < 4.78 is 5.46. The van der Waals surface area contributed by atoms with Crippen LogP contribution < -0.4 is 0 Å². The lowest BCUT2D eigenvalue weighted by Crippen LogP contribution is -2.28. The van der Waals surface area contributed by atoms with Gasteiger partial charge in [-0.2, -0.15) is 0 Å². The molecule has 0 radical (unpaired) electrons. The Morgan fingerprint density at radius 1 is 0.714 bits per heavy atom. The van der Waals surface area contributed by atoms with Crippen molar-refractivity contribution >= 4 is 17.6 Å². The van der Waals surface area contributed by atoms with Crippen LogP contribution in [-0.2, 0) is 22.5 Å². The van der Waals surface area contributed by atoms with Crippen molar-refractivity contribution in [1.29, 1.82) is 0 Å². The van der Waals surface area contributed by atoms with Gasteiger partial charge >= 0.3 is 6.09 Å². The maximum absolute atomic E-state index is 13.0. The summed E-state index contributed by atoms with van der Waals surface area (Å²) in [4.78, 5) is 26.6. The van der Waals surface area contributed by atoms with E-state index in [1.54, 1.807) is 0 Å². The fourth-order valence-electron chi connectivity index (χ4n) is 3.24. The Bertz CT molecular complexity index is 1010. The van der Waals surface area contributed by atoms with E-state index in [9.17, 15) is 9.59 Å². The standard InChI is InChI=1S/C24H19NO3/c26-23-22(28-24(27)25(23)17-19-12-6-2-7-13-19)21(20-14-8-3-9-15-20)16-18-10-4-1-5-11-18/h1-15H,16-17H2/b22-21-. The second-order valence-corrected chi connectivity index (χ2v) is 6.58. The van der Waals surface area contributed by atoms with Crippen molar-refractivity contribution in [2.75, 3.05) is 0 Å². The smallest absolute Gasteiger partial charge is 0.404 e. The first-order chi connectivity index (χ1) is 13.7. The number of nitrogens with zero attached hydrogens (tertiary/aromatic N) is 1. The van der Waals surface area contributed by atoms with Crippen molar-refractivity contribution in [1.82, 2.24) is 4.90 Å². The molecule has 28 heavy (non-hydrogen) atoms. The second kappa shape index (κ2) is 7.92. The van der Waals surface area contributed by atoms with Crippen LogP contribution in [0.15, 0.2) is 96.8 Å². The first-order valence-electron chi connectivity index (χ1n) is 9.12. The first-order valence-corrected chi connectivity index (χ1v) is 9.12. The highest BCUT2D eigenvalue weighted by molar-refractivity contribution is 6.11. The van der Waals surface area contributed by atoms with Gasteiger partial charge in [-0.05, 0) is 16.7 Å². The van der Waals surface area contributed by atoms with Crippen LogP contribution in [0.3, 0.4) is 0 Å². The number of hydrogen-bond donors (Lipinski definition) is 0. The van der Waals surface area contributed by atoms with Crippen molar-refractivity contribution < 1.29 is 14.3 Å². The van der Waals surface area contributed by atoms with Gasteiger partial charge in [0.2, 0.25) is 5.76 Å². The number of amides is 2. The van der Waals surface area contributed by atoms with Crippen LogP contribution in [0, 0.1) is 0 Å². The molecule has 0 aromatic heterocycles. The van der Waals surface area contributed by atoms with Crippen molar-refractivity contribution in [3.8, 4) is 0 Å². The van der Waals surface area contributed by atoms with E-state index in [0.29, 0.717) is 12.0 Å². The molecule has 138 valence electrons. The van der Waals surface area contributed by atoms with Crippen molar-refractivity contribution in [2.45, 2.75) is 13.0 Å². The molecule has 0 spiro atoms. The van der Waals surface area contributed by atoms with Crippen LogP contribution in [0.2, 0.25) is 0 Å². The summed E-state index contributed by atoms with van der Waals surface area (Å²) in [5.74, 6) is -0.292. The molecule has 0 unspecified atom stereocenters. The Hall–Kier alpha value is -3.66. The lowest BCUT2D eigenvalue weighted by atomic mass is 9.96. The molecule has 4 heteroatoms. The van der Waals surface area contributed by atoms with Gasteiger partial charge in [0.25, 0.3) is 5.91 Å². The predicted octanol–water partition coefficient (Wildman–Crippen LogP) is 4.82. The number of benzene rings is 3. The number of imide groups is 1. The number of cyclic esters (lactones) is 1. The van der Waals surface area contributed by atoms with Gasteiger partial charge < -0.3 is 4.74 Å². The summed E-state index contributed by atoms with van der Waals surface area (Å²) in [6.07, 6.45) is -0.136. The third kappa shape index (κ3) is 3.71. The summed E-state index contributed by atoms with van der Waals surface area (Å²) >= 11 is 0. The number of rotatable bonds is 5. The summed E-state index contributed by atoms with van der Waals surface area (Å²) in [6, 6.07) is 28.8. The Labute approximate surface area is 163 Å². The van der Waals surface area contributed by atoms with Gasteiger partial charge in [0, 0.05) is 12.0 Å². The Balaban J connectivity index is 1.71. The maximum Gasteiger partial charge on any atom is 0.422 e. The number of ether oxygens (including phenoxy) is 1. The minimum absolute atomic E-state index is 0.107. The van der Waals surface area contributed by atoms with Gasteiger partial charge in [-0.3, -0.25) is 4.79 Å². The van der Waals surface area contributed by atoms with Crippen molar-refractivity contribution in [3.05, 3.63) is 113 Å². The number of carbonyl (C=O) groups excluding carboxylic acids is 2. The van der Waals surface area contributed by atoms with Crippen LogP contribution in [0.1, 0.15) is 16.7 Å². The Kier molecular flexibility index (Phi) is 5.02. The number of carbonyl (C=O) groups is 2. The molecule has 0 N–H and O–H groups in total. The maximum atomic E-state index is 13.0. The molecule has 0 saturated carbocycles. The molecular weight excluding hydrogens is 350 g/mol. The number of allylic oxidation sites excluding steroid dienone is 1. The summed E-state index contributed by atoms with van der Waals surface area (Å²) in [6.45, 7) is 0.190. The van der Waals surface area contributed by atoms with Crippen LogP contribution >= 0.6 is 0 Å². The molecule has 3 aromatic carbocycles. The molecule has 2 amide bonds. The molecule has 1 saturated heterocycles. The predicted molar refractivity (Wildman–Crippen MR) is 107 cm³/mol. The van der Waals surface area contributed by atoms with Crippen LogP contribution in [0.4, 0.5) is 4.79 Å². The van der Waals surface area contributed by atoms with Gasteiger partial charge in [0.05, 0.1) is 6.54 Å². The molecule has 1 aliphatic rings. The molecular formula is C24H19NO3. The zero-order valence-corrected chi connectivity index (χ0v) is 15.2. The highest BCUT2D eigenvalue weighted by Crippen LogP contribution is 2.30. The van der Waals surface area contributed by atoms with Gasteiger partial charge in [0.1, 0.15) is 0 Å². The monoisotopic (exact) mass is 369 g/mol. The quantitative estimate of drug-likeness (QED) is 0.606. The lowest BCUT2D eigenvalue weighted by molar-refractivity contribution is -0.123. The molecule has 4 nitrogen and oxygen atoms in total. The lowest BCUT2D eigenvalue weighted by Gasteiger charge is -2.11. The molecule has 1 heterocycles. The normalized spacial score (nSPS) is 15.5. The van der Waals surface area contributed by atoms with Gasteiger partial charge in [-0.15, -0.1) is 0 Å². The van der Waals surface area contributed by atoms with E-state index in [4.69, 9.17) is 4.74 Å². The van der Waals surface area contributed by atoms with E-state index in [1.165, 1.54) is 0 Å². The second-order valence-electron chi connectivity index (χ2n) is 6.58. The molecule has 1 aliphatic heterocycles. The highest BCUT2D eigenvalue weighted by atomic mass is 16.6. The fourth-order valence-corrected chi connectivity index (χ4v) is 3.24. The Morgan fingerprint density at radius 2 is 1.25 bits per heavy atom. The Morgan fingerprint density at radius 3 is 1.86 bits per heavy atom. The zero-order chi connectivity index (χ0) is 19.3. The largest absolute Gasteiger partial charge is 0.422 e. The van der Waals surface area contributed by atoms with Crippen molar-refractivity contribution in [2.24, 2.45) is 0 Å². The first kappa shape index (κ1) is 17.7. The third-order valence-electron chi connectivity index (χ3n) is 4.65. The molecule has 0 bridgehead atoms. The summed E-state index contributed by atoms with van der Waals surface area (Å²) in [7, 11) is 0. The van der Waals surface area contributed by atoms with E-state index in [0.717, 1.165) is 21.6 Å². The van der Waals surface area contributed by atoms with E-state index < -0.39 is 12.0 Å². The van der Waals surface area contributed by atoms with E-state index >= 15 is 0 Å². The highest BCUT2D eigenvalue weighted by Gasteiger charge is 2.38. The summed E-state index contributed by atoms with van der Waals surface area (Å²) in [5.41, 5.74) is 3.49. The van der Waals surface area contributed by atoms with E-state index in [2.05, 4.69) is 0 Å². The van der Waals surface area contributed by atoms with Crippen LogP contribution in [0.5, 0.6) is 0 Å². The van der Waals surface area contributed by atoms with Gasteiger partial charge in [-0.1, -0.05) is 91.0 Å². The fraction of sp³-hybridized carbons (Fsp3) is 0.0833. The zero-order valence-electron chi connectivity index (χ0n) is 15.2. The topological polar surface area (TPSA) is 46.6 Å². The molecule has 3 aromatic rings. The average Bonchev–Trinajstić information content (AvgIpc) is 3.02. The SMILES string of the molecule is O=C1O/C(=C(/Cc2ccccc2)c2ccccc2)C(=O)N1Cc1ccccc1. The van der Waals surface area contributed by atoms with E-state index in [1.807, 2.05) is 91.0 Å². The number of hydrogen-bond acceptors (Lipinski definition) is 3. The minimum Gasteiger partial charge on any atom is -0.404 e. The van der Waals surface area contributed by atoms with Crippen molar-refractivity contribution in [3.63, 3.8) is 0 Å². The van der Waals surface area contributed by atoms with Crippen LogP contribution in [-0.4, -0.2) is 16.9 Å². The van der Waals surface area contributed by atoms with Gasteiger partial charge in [-0.25, -0.2) is 9.69 Å². The average molecular weight is 369 g/mol. The minimum atomic E-state index is -0.634.